The number of hydrogen-bond acceptors (Lipinski definition) is 2. The molecule has 2 rings (SSSR count). The van der Waals surface area contributed by atoms with Gasteiger partial charge in [-0.25, -0.2) is 0 Å². The van der Waals surface area contributed by atoms with E-state index in [9.17, 15) is 0 Å². The normalized spacial score (nSPS) is 21.1. The van der Waals surface area contributed by atoms with Crippen LogP contribution in [-0.2, 0) is 0 Å². The molecule has 14 heavy (non-hydrogen) atoms. The molecule has 0 fully saturated rings. The summed E-state index contributed by atoms with van der Waals surface area (Å²) in [5, 5.41) is 3.45. The zero-order valence-electron chi connectivity index (χ0n) is 8.55. The molecular formula is C11H15BrN2. The van der Waals surface area contributed by atoms with E-state index in [1.54, 1.807) is 0 Å². The zero-order chi connectivity index (χ0) is 10.1. The van der Waals surface area contributed by atoms with Crippen LogP contribution in [0, 0.1) is 0 Å². The Morgan fingerprint density at radius 1 is 1.50 bits per heavy atom. The van der Waals surface area contributed by atoms with Gasteiger partial charge < -0.3 is 10.2 Å². The monoisotopic (exact) mass is 254 g/mol. The second kappa shape index (κ2) is 3.81. The average molecular weight is 255 g/mol. The lowest BCUT2D eigenvalue weighted by Gasteiger charge is -2.25. The van der Waals surface area contributed by atoms with Crippen molar-refractivity contribution in [1.82, 2.24) is 0 Å². The Balaban J connectivity index is 2.44. The molecule has 76 valence electrons. The maximum absolute atomic E-state index is 3.51. The molecule has 0 saturated heterocycles. The number of fused-ring (bicyclic) bond motifs is 1. The van der Waals surface area contributed by atoms with E-state index in [1.807, 2.05) is 0 Å². The second-order valence-corrected chi connectivity index (χ2v) is 4.75. The molecule has 0 amide bonds. The fourth-order valence-corrected chi connectivity index (χ4v) is 2.14. The first-order chi connectivity index (χ1) is 6.68. The zero-order valence-corrected chi connectivity index (χ0v) is 10.1. The fourth-order valence-electron chi connectivity index (χ4n) is 1.79. The third kappa shape index (κ3) is 1.73. The first-order valence-electron chi connectivity index (χ1n) is 4.95. The molecule has 0 radical (unpaired) electrons. The van der Waals surface area contributed by atoms with E-state index in [4.69, 9.17) is 0 Å². The van der Waals surface area contributed by atoms with Crippen LogP contribution in [-0.4, -0.2) is 19.6 Å². The minimum Gasteiger partial charge on any atom is -0.383 e. The van der Waals surface area contributed by atoms with Crippen molar-refractivity contribution in [3.8, 4) is 0 Å². The summed E-state index contributed by atoms with van der Waals surface area (Å²) in [7, 11) is 2.16. The molecule has 0 saturated carbocycles. The summed E-state index contributed by atoms with van der Waals surface area (Å²) in [5.74, 6) is 0. The number of rotatable bonds is 0. The molecule has 1 N–H and O–H groups in total. The van der Waals surface area contributed by atoms with Crippen molar-refractivity contribution in [2.24, 2.45) is 0 Å². The first kappa shape index (κ1) is 9.84. The molecule has 0 aromatic heterocycles. The fraction of sp³-hybridized carbons (Fsp3) is 0.455. The van der Waals surface area contributed by atoms with Gasteiger partial charge in [0.1, 0.15) is 0 Å². The van der Waals surface area contributed by atoms with Crippen molar-refractivity contribution in [1.29, 1.82) is 0 Å². The van der Waals surface area contributed by atoms with Crippen LogP contribution >= 0.6 is 15.9 Å². The number of nitrogens with zero attached hydrogens (tertiary/aromatic N) is 1. The van der Waals surface area contributed by atoms with Crippen LogP contribution in [0.1, 0.15) is 13.3 Å². The van der Waals surface area contributed by atoms with Gasteiger partial charge in [0, 0.05) is 24.1 Å². The van der Waals surface area contributed by atoms with E-state index >= 15 is 0 Å². The lowest BCUT2D eigenvalue weighted by atomic mass is 10.2. The molecule has 1 aliphatic heterocycles. The van der Waals surface area contributed by atoms with Crippen LogP contribution in [0.2, 0.25) is 0 Å². The third-order valence-electron chi connectivity index (χ3n) is 2.88. The summed E-state index contributed by atoms with van der Waals surface area (Å²) in [6.45, 7) is 3.32. The quantitative estimate of drug-likeness (QED) is 0.766. The molecule has 1 aromatic rings. The Labute approximate surface area is 93.4 Å². The van der Waals surface area contributed by atoms with Gasteiger partial charge in [0.05, 0.1) is 11.4 Å². The van der Waals surface area contributed by atoms with Gasteiger partial charge in [-0.3, -0.25) is 0 Å². The minimum absolute atomic E-state index is 0.595. The van der Waals surface area contributed by atoms with Gasteiger partial charge in [0.15, 0.2) is 0 Å². The predicted octanol–water partition coefficient (Wildman–Crippen LogP) is 3.09. The molecular weight excluding hydrogens is 240 g/mol. The van der Waals surface area contributed by atoms with Crippen LogP contribution in [0.5, 0.6) is 0 Å². The summed E-state index contributed by atoms with van der Waals surface area (Å²) in [5.41, 5.74) is 2.52. The summed E-state index contributed by atoms with van der Waals surface area (Å²) in [6, 6.07) is 6.98. The second-order valence-electron chi connectivity index (χ2n) is 3.84. The highest BCUT2D eigenvalue weighted by Crippen LogP contribution is 2.32. The summed E-state index contributed by atoms with van der Waals surface area (Å²) in [6.07, 6.45) is 1.18. The van der Waals surface area contributed by atoms with Crippen molar-refractivity contribution in [3.05, 3.63) is 22.7 Å². The van der Waals surface area contributed by atoms with Crippen molar-refractivity contribution < 1.29 is 0 Å². The van der Waals surface area contributed by atoms with E-state index < -0.39 is 0 Å². The van der Waals surface area contributed by atoms with Crippen LogP contribution in [0.25, 0.3) is 0 Å². The molecule has 0 bridgehead atoms. The van der Waals surface area contributed by atoms with Gasteiger partial charge in [-0.05, 0) is 31.5 Å². The van der Waals surface area contributed by atoms with Gasteiger partial charge >= 0.3 is 0 Å². The lowest BCUT2D eigenvalue weighted by molar-refractivity contribution is 0.657. The highest BCUT2D eigenvalue weighted by Gasteiger charge is 2.17. The van der Waals surface area contributed by atoms with Crippen molar-refractivity contribution in [3.63, 3.8) is 0 Å². The number of benzene rings is 1. The van der Waals surface area contributed by atoms with Crippen LogP contribution in [0.15, 0.2) is 22.7 Å². The largest absolute Gasteiger partial charge is 0.383 e. The predicted molar refractivity (Wildman–Crippen MR) is 65.1 cm³/mol. The topological polar surface area (TPSA) is 15.3 Å². The highest BCUT2D eigenvalue weighted by molar-refractivity contribution is 9.10. The number of halogens is 1. The molecule has 2 nitrogen and oxygen atoms in total. The van der Waals surface area contributed by atoms with E-state index in [0.29, 0.717) is 6.04 Å². The Bertz CT molecular complexity index is 338. The molecule has 1 atom stereocenters. The molecule has 3 heteroatoms. The Morgan fingerprint density at radius 2 is 2.29 bits per heavy atom. The Hall–Kier alpha value is -0.700. The lowest BCUT2D eigenvalue weighted by Crippen LogP contribution is -2.28. The van der Waals surface area contributed by atoms with Gasteiger partial charge in [-0.2, -0.15) is 0 Å². The van der Waals surface area contributed by atoms with Gasteiger partial charge in [-0.15, -0.1) is 0 Å². The molecule has 1 aliphatic rings. The van der Waals surface area contributed by atoms with Crippen molar-refractivity contribution >= 4 is 27.3 Å². The van der Waals surface area contributed by atoms with E-state index in [-0.39, 0.29) is 0 Å². The van der Waals surface area contributed by atoms with Crippen LogP contribution < -0.4 is 10.2 Å². The SMILES string of the molecule is CC1CCNc2ccc(Br)cc2N1C. The van der Waals surface area contributed by atoms with E-state index in [2.05, 4.69) is 58.3 Å². The highest BCUT2D eigenvalue weighted by atomic mass is 79.9. The van der Waals surface area contributed by atoms with E-state index in [1.165, 1.54) is 17.8 Å². The molecule has 1 heterocycles. The standard InChI is InChI=1S/C11H15BrN2/c1-8-5-6-13-10-4-3-9(12)7-11(10)14(8)2/h3-4,7-8,13H,5-6H2,1-2H3. The maximum atomic E-state index is 3.51. The first-order valence-corrected chi connectivity index (χ1v) is 5.74. The molecule has 0 spiro atoms. The average Bonchev–Trinajstić information content (AvgIpc) is 2.30. The molecule has 0 aliphatic carbocycles. The summed E-state index contributed by atoms with van der Waals surface area (Å²) >= 11 is 3.51. The van der Waals surface area contributed by atoms with Crippen LogP contribution in [0.4, 0.5) is 11.4 Å². The van der Waals surface area contributed by atoms with Crippen LogP contribution in [0.3, 0.4) is 0 Å². The Morgan fingerprint density at radius 3 is 3.07 bits per heavy atom. The van der Waals surface area contributed by atoms with Gasteiger partial charge in [0.25, 0.3) is 0 Å². The number of anilines is 2. The summed E-state index contributed by atoms with van der Waals surface area (Å²) < 4.78 is 1.14. The smallest absolute Gasteiger partial charge is 0.0613 e. The summed E-state index contributed by atoms with van der Waals surface area (Å²) in [4.78, 5) is 2.33. The van der Waals surface area contributed by atoms with E-state index in [0.717, 1.165) is 11.0 Å². The van der Waals surface area contributed by atoms with Gasteiger partial charge in [-0.1, -0.05) is 15.9 Å². The third-order valence-corrected chi connectivity index (χ3v) is 3.37. The van der Waals surface area contributed by atoms with Crippen molar-refractivity contribution in [2.75, 3.05) is 23.8 Å². The van der Waals surface area contributed by atoms with Gasteiger partial charge in [0.2, 0.25) is 0 Å². The molecule has 1 unspecified atom stereocenters. The minimum atomic E-state index is 0.595. The molecule has 1 aromatic carbocycles. The number of nitrogens with one attached hydrogen (secondary N) is 1. The Kier molecular flexibility index (Phi) is 2.68. The van der Waals surface area contributed by atoms with Crippen molar-refractivity contribution in [2.45, 2.75) is 19.4 Å². The maximum Gasteiger partial charge on any atom is 0.0613 e. The number of hydrogen-bond donors (Lipinski definition) is 1.